The lowest BCUT2D eigenvalue weighted by Crippen LogP contribution is -2.53. The van der Waals surface area contributed by atoms with Crippen LogP contribution in [0.2, 0.25) is 0 Å². The molecule has 0 aliphatic rings. The van der Waals surface area contributed by atoms with Crippen molar-refractivity contribution in [1.82, 2.24) is 10.2 Å². The molecule has 10 heteroatoms. The van der Waals surface area contributed by atoms with E-state index >= 15 is 0 Å². The van der Waals surface area contributed by atoms with Gasteiger partial charge in [0.2, 0.25) is 11.8 Å². The number of sulfonamides is 1. The molecule has 0 aliphatic heterocycles. The van der Waals surface area contributed by atoms with E-state index in [-0.39, 0.29) is 29.5 Å². The highest BCUT2D eigenvalue weighted by Crippen LogP contribution is 2.26. The highest BCUT2D eigenvalue weighted by atomic mass is 32.2. The molecule has 45 heavy (non-hydrogen) atoms. The fourth-order valence-electron chi connectivity index (χ4n) is 4.84. The third kappa shape index (κ3) is 8.92. The maximum atomic E-state index is 14.4. The van der Waals surface area contributed by atoms with E-state index in [9.17, 15) is 22.4 Å². The Morgan fingerprint density at radius 3 is 2.00 bits per heavy atom. The first kappa shape index (κ1) is 33.2. The molecule has 236 valence electrons. The number of nitrogens with zero attached hydrogens (tertiary/aromatic N) is 2. The number of rotatable bonds is 15. The molecule has 0 aliphatic carbocycles. The molecular formula is C35H38FN3O5S. The Kier molecular flexibility index (Phi) is 11.7. The Bertz CT molecular complexity index is 1630. The zero-order chi connectivity index (χ0) is 32.2. The molecule has 0 aromatic heterocycles. The van der Waals surface area contributed by atoms with Gasteiger partial charge in [0.15, 0.2) is 0 Å². The smallest absolute Gasteiger partial charge is 0.264 e. The van der Waals surface area contributed by atoms with E-state index in [4.69, 9.17) is 4.74 Å². The molecule has 4 aromatic rings. The Morgan fingerprint density at radius 2 is 1.42 bits per heavy atom. The summed E-state index contributed by atoms with van der Waals surface area (Å²) < 4.78 is 48.5. The van der Waals surface area contributed by atoms with E-state index in [0.29, 0.717) is 25.3 Å². The Morgan fingerprint density at radius 1 is 0.822 bits per heavy atom. The van der Waals surface area contributed by atoms with Crippen LogP contribution in [0.5, 0.6) is 5.75 Å². The number of hydrogen-bond acceptors (Lipinski definition) is 5. The Hall–Kier alpha value is -4.70. The second kappa shape index (κ2) is 15.9. The molecule has 1 N–H and O–H groups in total. The number of benzene rings is 4. The number of hydrogen-bond donors (Lipinski definition) is 1. The van der Waals surface area contributed by atoms with Crippen molar-refractivity contribution in [2.24, 2.45) is 0 Å². The van der Waals surface area contributed by atoms with Gasteiger partial charge in [0.1, 0.15) is 24.2 Å². The van der Waals surface area contributed by atoms with Crippen molar-refractivity contribution in [1.29, 1.82) is 0 Å². The van der Waals surface area contributed by atoms with Crippen molar-refractivity contribution < 1.29 is 27.1 Å². The first-order valence-electron chi connectivity index (χ1n) is 14.9. The number of carbonyl (C=O) groups is 2. The van der Waals surface area contributed by atoms with E-state index in [1.807, 2.05) is 74.5 Å². The summed E-state index contributed by atoms with van der Waals surface area (Å²) >= 11 is 0. The summed E-state index contributed by atoms with van der Waals surface area (Å²) in [6.45, 7) is 4.03. The molecule has 0 fully saturated rings. The minimum atomic E-state index is -4.31. The van der Waals surface area contributed by atoms with Crippen LogP contribution >= 0.6 is 0 Å². The lowest BCUT2D eigenvalue weighted by atomic mass is 10.0. The van der Waals surface area contributed by atoms with Crippen LogP contribution in [0.4, 0.5) is 10.1 Å². The average molecular weight is 632 g/mol. The molecule has 0 heterocycles. The predicted octanol–water partition coefficient (Wildman–Crippen LogP) is 5.59. The summed E-state index contributed by atoms with van der Waals surface area (Å²) in [6.07, 6.45) is 0.923. The van der Waals surface area contributed by atoms with E-state index < -0.39 is 34.3 Å². The predicted molar refractivity (Wildman–Crippen MR) is 173 cm³/mol. The van der Waals surface area contributed by atoms with Crippen LogP contribution in [-0.4, -0.2) is 50.9 Å². The van der Waals surface area contributed by atoms with Gasteiger partial charge >= 0.3 is 0 Å². The molecule has 1 unspecified atom stereocenters. The van der Waals surface area contributed by atoms with Gasteiger partial charge in [-0.3, -0.25) is 13.9 Å². The SMILES string of the molecule is CCCNC(=O)C(Cc1ccccc1)N(Cc1ccccc1)C(=O)CN(c1ccc(F)cc1)S(=O)(=O)c1ccc(OCC)cc1. The number of halogens is 1. The van der Waals surface area contributed by atoms with Gasteiger partial charge in [-0.25, -0.2) is 12.8 Å². The van der Waals surface area contributed by atoms with Crippen LogP contribution < -0.4 is 14.4 Å². The summed E-state index contributed by atoms with van der Waals surface area (Å²) in [7, 11) is -4.31. The molecule has 0 spiro atoms. The third-order valence-electron chi connectivity index (χ3n) is 7.13. The maximum Gasteiger partial charge on any atom is 0.264 e. The highest BCUT2D eigenvalue weighted by Gasteiger charge is 2.34. The van der Waals surface area contributed by atoms with Crippen LogP contribution in [0.1, 0.15) is 31.4 Å². The highest BCUT2D eigenvalue weighted by molar-refractivity contribution is 7.92. The van der Waals surface area contributed by atoms with Crippen LogP contribution in [-0.2, 0) is 32.6 Å². The first-order valence-corrected chi connectivity index (χ1v) is 16.3. The molecule has 2 amide bonds. The van der Waals surface area contributed by atoms with Crippen LogP contribution in [0.25, 0.3) is 0 Å². The van der Waals surface area contributed by atoms with Gasteiger partial charge in [-0.2, -0.15) is 0 Å². The largest absolute Gasteiger partial charge is 0.494 e. The van der Waals surface area contributed by atoms with Crippen molar-refractivity contribution >= 4 is 27.5 Å². The molecular weight excluding hydrogens is 593 g/mol. The maximum absolute atomic E-state index is 14.4. The van der Waals surface area contributed by atoms with E-state index in [0.717, 1.165) is 27.6 Å². The van der Waals surface area contributed by atoms with Crippen molar-refractivity contribution in [3.05, 3.63) is 126 Å². The van der Waals surface area contributed by atoms with Crippen LogP contribution in [0.3, 0.4) is 0 Å². The minimum Gasteiger partial charge on any atom is -0.494 e. The van der Waals surface area contributed by atoms with Gasteiger partial charge in [0, 0.05) is 19.5 Å². The van der Waals surface area contributed by atoms with Crippen molar-refractivity contribution in [3.8, 4) is 5.75 Å². The number of anilines is 1. The topological polar surface area (TPSA) is 96.0 Å². The summed E-state index contributed by atoms with van der Waals surface area (Å²) in [6, 6.07) is 28.4. The number of carbonyl (C=O) groups excluding carboxylic acids is 2. The van der Waals surface area contributed by atoms with Gasteiger partial charge < -0.3 is 15.0 Å². The van der Waals surface area contributed by atoms with Crippen molar-refractivity contribution in [2.75, 3.05) is 24.0 Å². The zero-order valence-electron chi connectivity index (χ0n) is 25.4. The fraction of sp³-hybridized carbons (Fsp3) is 0.257. The van der Waals surface area contributed by atoms with E-state index in [1.54, 1.807) is 0 Å². The van der Waals surface area contributed by atoms with Gasteiger partial charge in [-0.05, 0) is 73.0 Å². The van der Waals surface area contributed by atoms with Crippen LogP contribution in [0, 0.1) is 5.82 Å². The quantitative estimate of drug-likeness (QED) is 0.185. The first-order chi connectivity index (χ1) is 21.7. The van der Waals surface area contributed by atoms with Gasteiger partial charge in [0.25, 0.3) is 10.0 Å². The normalized spacial score (nSPS) is 11.8. The second-order valence-electron chi connectivity index (χ2n) is 10.4. The molecule has 0 bridgehead atoms. The van der Waals surface area contributed by atoms with E-state index in [2.05, 4.69) is 5.32 Å². The summed E-state index contributed by atoms with van der Waals surface area (Å²) in [5.41, 5.74) is 1.72. The van der Waals surface area contributed by atoms with Gasteiger partial charge in [-0.15, -0.1) is 0 Å². The van der Waals surface area contributed by atoms with Gasteiger partial charge in [-0.1, -0.05) is 67.6 Å². The molecule has 0 radical (unpaired) electrons. The third-order valence-corrected chi connectivity index (χ3v) is 8.92. The second-order valence-corrected chi connectivity index (χ2v) is 12.3. The number of amides is 2. The Labute approximate surface area is 264 Å². The lowest BCUT2D eigenvalue weighted by molar-refractivity contribution is -0.140. The number of nitrogens with one attached hydrogen (secondary N) is 1. The molecule has 0 saturated carbocycles. The monoisotopic (exact) mass is 631 g/mol. The molecule has 4 aromatic carbocycles. The van der Waals surface area contributed by atoms with E-state index in [1.165, 1.54) is 41.3 Å². The minimum absolute atomic E-state index is 0.0665. The molecule has 4 rings (SSSR count). The summed E-state index contributed by atoms with van der Waals surface area (Å²) in [5.74, 6) is -0.987. The molecule has 1 atom stereocenters. The standard InChI is InChI=1S/C35H38FN3O5S/c1-3-23-37-35(41)33(24-27-11-7-5-8-12-27)38(25-28-13-9-6-10-14-28)34(40)26-39(30-17-15-29(36)16-18-30)45(42,43)32-21-19-31(20-22-32)44-4-2/h5-22,33H,3-4,23-26H2,1-2H3,(H,37,41). The molecule has 8 nitrogen and oxygen atoms in total. The van der Waals surface area contributed by atoms with Crippen molar-refractivity contribution in [3.63, 3.8) is 0 Å². The summed E-state index contributed by atoms with van der Waals surface area (Å²) in [5, 5.41) is 2.92. The lowest BCUT2D eigenvalue weighted by Gasteiger charge is -2.34. The van der Waals surface area contributed by atoms with Crippen LogP contribution in [0.15, 0.2) is 114 Å². The average Bonchev–Trinajstić information content (AvgIpc) is 3.06. The number of ether oxygens (including phenoxy) is 1. The summed E-state index contributed by atoms with van der Waals surface area (Å²) in [4.78, 5) is 29.4. The fourth-order valence-corrected chi connectivity index (χ4v) is 6.25. The zero-order valence-corrected chi connectivity index (χ0v) is 26.3. The Balaban J connectivity index is 1.76. The van der Waals surface area contributed by atoms with Gasteiger partial charge in [0.05, 0.1) is 17.2 Å². The molecule has 0 saturated heterocycles. The van der Waals surface area contributed by atoms with Crippen molar-refractivity contribution in [2.45, 2.75) is 44.2 Å².